The third-order valence-corrected chi connectivity index (χ3v) is 4.34. The molecule has 0 radical (unpaired) electrons. The molecule has 0 aromatic carbocycles. The minimum Gasteiger partial charge on any atom is -0.350 e. The van der Waals surface area contributed by atoms with Gasteiger partial charge in [0.2, 0.25) is 0 Å². The molecule has 0 aliphatic carbocycles. The first kappa shape index (κ1) is 12.4. The highest BCUT2D eigenvalue weighted by molar-refractivity contribution is 5.55. The van der Waals surface area contributed by atoms with Gasteiger partial charge in [-0.05, 0) is 45.4 Å². The van der Waals surface area contributed by atoms with E-state index in [0.717, 1.165) is 24.6 Å². The third-order valence-electron chi connectivity index (χ3n) is 4.34. The van der Waals surface area contributed by atoms with Crippen molar-refractivity contribution in [2.24, 2.45) is 0 Å². The average molecular weight is 256 g/mol. The minimum atomic E-state index is 0.427. The van der Waals surface area contributed by atoms with Gasteiger partial charge in [-0.1, -0.05) is 0 Å². The van der Waals surface area contributed by atoms with Gasteiger partial charge in [0.05, 0.1) is 5.56 Å². The number of piperazine rings is 1. The number of nitriles is 1. The summed E-state index contributed by atoms with van der Waals surface area (Å²) in [5.41, 5.74) is 1.68. The average Bonchev–Trinajstić information content (AvgIpc) is 2.84. The van der Waals surface area contributed by atoms with Crippen LogP contribution in [0.5, 0.6) is 0 Å². The molecule has 4 heteroatoms. The van der Waals surface area contributed by atoms with Crippen LogP contribution in [0.2, 0.25) is 0 Å². The van der Waals surface area contributed by atoms with Crippen LogP contribution in [0, 0.1) is 18.3 Å². The fraction of sp³-hybridized carbons (Fsp3) is 0.600. The first-order valence-electron chi connectivity index (χ1n) is 7.07. The molecule has 2 saturated heterocycles. The van der Waals surface area contributed by atoms with Gasteiger partial charge in [0.1, 0.15) is 11.9 Å². The van der Waals surface area contributed by atoms with Crippen molar-refractivity contribution >= 4 is 5.82 Å². The van der Waals surface area contributed by atoms with Crippen molar-refractivity contribution in [3.05, 3.63) is 23.4 Å². The Hall–Kier alpha value is -1.60. The van der Waals surface area contributed by atoms with E-state index in [0.29, 0.717) is 17.6 Å². The number of aromatic nitrogens is 1. The Morgan fingerprint density at radius 3 is 3.00 bits per heavy atom. The van der Waals surface area contributed by atoms with Crippen LogP contribution in [-0.2, 0) is 0 Å². The topological polar surface area (TPSA) is 43.2 Å². The smallest absolute Gasteiger partial charge is 0.147 e. The van der Waals surface area contributed by atoms with Crippen molar-refractivity contribution in [1.29, 1.82) is 5.26 Å². The van der Waals surface area contributed by atoms with Gasteiger partial charge in [-0.15, -0.1) is 0 Å². The van der Waals surface area contributed by atoms with Crippen molar-refractivity contribution in [2.45, 2.75) is 38.8 Å². The van der Waals surface area contributed by atoms with Gasteiger partial charge < -0.3 is 4.90 Å². The summed E-state index contributed by atoms with van der Waals surface area (Å²) in [5.74, 6) is 0.876. The normalized spacial score (nSPS) is 27.1. The molecule has 2 aliphatic rings. The van der Waals surface area contributed by atoms with E-state index in [1.54, 1.807) is 0 Å². The Morgan fingerprint density at radius 2 is 2.21 bits per heavy atom. The second-order valence-electron chi connectivity index (χ2n) is 5.73. The maximum absolute atomic E-state index is 9.29. The third kappa shape index (κ3) is 2.19. The maximum atomic E-state index is 9.29. The minimum absolute atomic E-state index is 0.427. The Balaban J connectivity index is 1.93. The monoisotopic (exact) mass is 256 g/mol. The molecule has 0 amide bonds. The lowest BCUT2D eigenvalue weighted by Crippen LogP contribution is -2.55. The van der Waals surface area contributed by atoms with Gasteiger partial charge in [0.25, 0.3) is 0 Å². The summed E-state index contributed by atoms with van der Waals surface area (Å²) >= 11 is 0. The number of fused-ring (bicyclic) bond motifs is 1. The predicted molar refractivity (Wildman–Crippen MR) is 75.1 cm³/mol. The largest absolute Gasteiger partial charge is 0.350 e. The summed E-state index contributed by atoms with van der Waals surface area (Å²) in [6.45, 7) is 7.55. The first-order valence-corrected chi connectivity index (χ1v) is 7.07. The number of aryl methyl sites for hydroxylation is 1. The molecular formula is C15H20N4. The van der Waals surface area contributed by atoms with Gasteiger partial charge >= 0.3 is 0 Å². The molecular weight excluding hydrogens is 236 g/mol. The molecule has 0 spiro atoms. The summed E-state index contributed by atoms with van der Waals surface area (Å²) in [7, 11) is 0. The number of anilines is 1. The lowest BCUT2D eigenvalue weighted by atomic mass is 10.1. The number of hydrogen-bond acceptors (Lipinski definition) is 4. The summed E-state index contributed by atoms with van der Waals surface area (Å²) in [4.78, 5) is 9.53. The van der Waals surface area contributed by atoms with Gasteiger partial charge in [-0.25, -0.2) is 4.98 Å². The molecule has 2 unspecified atom stereocenters. The zero-order valence-electron chi connectivity index (χ0n) is 11.6. The van der Waals surface area contributed by atoms with Gasteiger partial charge in [0.15, 0.2) is 0 Å². The molecule has 3 heterocycles. The number of nitrogens with zero attached hydrogens (tertiary/aromatic N) is 4. The van der Waals surface area contributed by atoms with E-state index in [9.17, 15) is 5.26 Å². The highest BCUT2D eigenvalue weighted by atomic mass is 15.3. The van der Waals surface area contributed by atoms with E-state index in [1.165, 1.54) is 19.4 Å². The Labute approximate surface area is 114 Å². The van der Waals surface area contributed by atoms with Gasteiger partial charge in [-0.2, -0.15) is 5.26 Å². The number of hydrogen-bond donors (Lipinski definition) is 0. The molecule has 3 rings (SSSR count). The highest BCUT2D eigenvalue weighted by Gasteiger charge is 2.35. The summed E-state index contributed by atoms with van der Waals surface area (Å²) in [6.07, 6.45) is 2.58. The molecule has 1 aromatic rings. The fourth-order valence-electron chi connectivity index (χ4n) is 3.33. The molecule has 2 aliphatic heterocycles. The van der Waals surface area contributed by atoms with Crippen LogP contribution >= 0.6 is 0 Å². The standard InChI is InChI=1S/C15H20N4/c1-11-5-6-13(8-16)15(17-11)19-10-14-4-3-7-18(14)9-12(19)2/h5-6,12,14H,3-4,7,9-10H2,1-2H3. The van der Waals surface area contributed by atoms with Crippen LogP contribution in [-0.4, -0.2) is 41.6 Å². The number of pyridine rings is 1. The Kier molecular flexibility index (Phi) is 3.16. The molecule has 100 valence electrons. The summed E-state index contributed by atoms with van der Waals surface area (Å²) in [5, 5.41) is 9.29. The van der Waals surface area contributed by atoms with Crippen LogP contribution in [0.1, 0.15) is 31.0 Å². The van der Waals surface area contributed by atoms with Crippen molar-refractivity contribution in [1.82, 2.24) is 9.88 Å². The zero-order chi connectivity index (χ0) is 13.4. The van der Waals surface area contributed by atoms with Crippen molar-refractivity contribution in [2.75, 3.05) is 24.5 Å². The predicted octanol–water partition coefficient (Wildman–Crippen LogP) is 1.93. The lowest BCUT2D eigenvalue weighted by molar-refractivity contribution is 0.202. The molecule has 1 aromatic heterocycles. The Morgan fingerprint density at radius 1 is 1.37 bits per heavy atom. The summed E-state index contributed by atoms with van der Waals surface area (Å²) < 4.78 is 0. The van der Waals surface area contributed by atoms with E-state index in [-0.39, 0.29) is 0 Å². The van der Waals surface area contributed by atoms with Gasteiger partial charge in [0, 0.05) is 30.9 Å². The van der Waals surface area contributed by atoms with Crippen molar-refractivity contribution in [3.8, 4) is 6.07 Å². The van der Waals surface area contributed by atoms with E-state index in [2.05, 4.69) is 27.8 Å². The van der Waals surface area contributed by atoms with E-state index >= 15 is 0 Å². The van der Waals surface area contributed by atoms with Gasteiger partial charge in [-0.3, -0.25) is 4.90 Å². The summed E-state index contributed by atoms with van der Waals surface area (Å²) in [6, 6.07) is 7.16. The second-order valence-corrected chi connectivity index (χ2v) is 5.73. The molecule has 0 saturated carbocycles. The molecule has 2 fully saturated rings. The van der Waals surface area contributed by atoms with Crippen LogP contribution in [0.3, 0.4) is 0 Å². The SMILES string of the molecule is Cc1ccc(C#N)c(N2CC3CCCN3CC2C)n1. The van der Waals surface area contributed by atoms with Crippen molar-refractivity contribution < 1.29 is 0 Å². The van der Waals surface area contributed by atoms with E-state index < -0.39 is 0 Å². The van der Waals surface area contributed by atoms with E-state index in [1.807, 2.05) is 19.1 Å². The molecule has 4 nitrogen and oxygen atoms in total. The highest BCUT2D eigenvalue weighted by Crippen LogP contribution is 2.29. The maximum Gasteiger partial charge on any atom is 0.147 e. The van der Waals surface area contributed by atoms with Crippen LogP contribution in [0.25, 0.3) is 0 Å². The molecule has 19 heavy (non-hydrogen) atoms. The van der Waals surface area contributed by atoms with Crippen molar-refractivity contribution in [3.63, 3.8) is 0 Å². The van der Waals surface area contributed by atoms with Crippen LogP contribution in [0.15, 0.2) is 12.1 Å². The number of rotatable bonds is 1. The first-order chi connectivity index (χ1) is 9.19. The molecule has 0 bridgehead atoms. The molecule has 2 atom stereocenters. The van der Waals surface area contributed by atoms with Crippen LogP contribution in [0.4, 0.5) is 5.82 Å². The Bertz CT molecular complexity index is 519. The second kappa shape index (κ2) is 4.82. The zero-order valence-corrected chi connectivity index (χ0v) is 11.6. The lowest BCUT2D eigenvalue weighted by Gasteiger charge is -2.43. The van der Waals surface area contributed by atoms with E-state index in [4.69, 9.17) is 0 Å². The quantitative estimate of drug-likeness (QED) is 0.770. The van der Waals surface area contributed by atoms with Crippen LogP contribution < -0.4 is 4.90 Å². The molecule has 0 N–H and O–H groups in total. The fourth-order valence-corrected chi connectivity index (χ4v) is 3.33.